The zero-order chi connectivity index (χ0) is 22.9. The molecule has 0 aliphatic carbocycles. The maximum Gasteiger partial charge on any atom is 0.392 e. The maximum absolute atomic E-state index is 13.1. The van der Waals surface area contributed by atoms with E-state index in [0.717, 1.165) is 25.7 Å². The number of halogens is 6. The fraction of sp³-hybridized carbons (Fsp3) is 0.955. The second-order valence-electron chi connectivity index (χ2n) is 8.06. The van der Waals surface area contributed by atoms with Gasteiger partial charge in [-0.15, -0.1) is 0 Å². The molecule has 0 saturated carbocycles. The Hall–Kier alpha value is -0.950. The molecule has 0 aliphatic rings. The van der Waals surface area contributed by atoms with E-state index in [1.165, 1.54) is 64.2 Å². The lowest BCUT2D eigenvalue weighted by molar-refractivity contribution is -0.254. The lowest BCUT2D eigenvalue weighted by Crippen LogP contribution is -2.56. The molecule has 0 aliphatic heterocycles. The smallest absolute Gasteiger partial charge is 0.351 e. The van der Waals surface area contributed by atoms with Crippen LogP contribution in [0.2, 0.25) is 0 Å². The minimum Gasteiger partial charge on any atom is -0.351 e. The van der Waals surface area contributed by atoms with E-state index in [1.807, 2.05) is 0 Å². The van der Waals surface area contributed by atoms with Crippen LogP contribution >= 0.6 is 0 Å². The second kappa shape index (κ2) is 16.7. The van der Waals surface area contributed by atoms with Crippen LogP contribution in [0.15, 0.2) is 0 Å². The SMILES string of the molecule is CCCCCCCCCCCCCCCCCCNC(=O)C(F)(F)C(F)(F)C(F)F. The topological polar surface area (TPSA) is 29.1 Å². The largest absolute Gasteiger partial charge is 0.392 e. The van der Waals surface area contributed by atoms with Crippen LogP contribution in [0, 0.1) is 0 Å². The first-order chi connectivity index (χ1) is 14.2. The van der Waals surface area contributed by atoms with Crippen LogP contribution < -0.4 is 5.32 Å². The predicted molar refractivity (Wildman–Crippen MR) is 108 cm³/mol. The van der Waals surface area contributed by atoms with Gasteiger partial charge in [-0.2, -0.15) is 17.6 Å². The molecular weight excluding hydrogens is 408 g/mol. The molecule has 0 rings (SSSR count). The number of carbonyl (C=O) groups excluding carboxylic acids is 1. The van der Waals surface area contributed by atoms with Gasteiger partial charge in [0.25, 0.3) is 5.91 Å². The Morgan fingerprint density at radius 3 is 1.33 bits per heavy atom. The second-order valence-corrected chi connectivity index (χ2v) is 8.06. The molecule has 0 unspecified atom stereocenters. The van der Waals surface area contributed by atoms with E-state index in [9.17, 15) is 31.1 Å². The predicted octanol–water partition coefficient (Wildman–Crippen LogP) is 7.90. The molecule has 0 aromatic heterocycles. The van der Waals surface area contributed by atoms with Gasteiger partial charge in [-0.1, -0.05) is 103 Å². The highest BCUT2D eigenvalue weighted by molar-refractivity contribution is 5.84. The Labute approximate surface area is 177 Å². The molecule has 0 bridgehead atoms. The van der Waals surface area contributed by atoms with Crippen molar-refractivity contribution in [1.29, 1.82) is 0 Å². The standard InChI is InChI=1S/C22H39F6NO/c1-2-3-4-5-6-7-8-9-10-11-12-13-14-15-16-17-18-29-20(30)22(27,28)21(25,26)19(23)24/h19H,2-18H2,1H3,(H,29,30). The first-order valence-electron chi connectivity index (χ1n) is 11.5. The summed E-state index contributed by atoms with van der Waals surface area (Å²) in [6, 6.07) is 0. The number of rotatable bonds is 20. The summed E-state index contributed by atoms with van der Waals surface area (Å²) < 4.78 is 75.7. The molecule has 180 valence electrons. The third-order valence-corrected chi connectivity index (χ3v) is 5.29. The number of unbranched alkanes of at least 4 members (excludes halogenated alkanes) is 15. The maximum atomic E-state index is 13.1. The number of hydrogen-bond donors (Lipinski definition) is 1. The van der Waals surface area contributed by atoms with E-state index in [0.29, 0.717) is 12.8 Å². The fourth-order valence-electron chi connectivity index (χ4n) is 3.27. The van der Waals surface area contributed by atoms with E-state index in [1.54, 1.807) is 5.32 Å². The fourth-order valence-corrected chi connectivity index (χ4v) is 3.27. The van der Waals surface area contributed by atoms with E-state index < -0.39 is 24.2 Å². The van der Waals surface area contributed by atoms with Gasteiger partial charge in [0.15, 0.2) is 0 Å². The number of amides is 1. The molecule has 0 atom stereocenters. The highest BCUT2D eigenvalue weighted by Crippen LogP contribution is 2.39. The number of carbonyl (C=O) groups is 1. The molecule has 0 saturated heterocycles. The van der Waals surface area contributed by atoms with Crippen LogP contribution in [-0.2, 0) is 4.79 Å². The summed E-state index contributed by atoms with van der Waals surface area (Å²) in [5.74, 6) is -13.4. The van der Waals surface area contributed by atoms with Gasteiger partial charge in [-0.05, 0) is 6.42 Å². The van der Waals surface area contributed by atoms with Crippen LogP contribution in [0.5, 0.6) is 0 Å². The van der Waals surface area contributed by atoms with Crippen LogP contribution in [0.1, 0.15) is 110 Å². The Morgan fingerprint density at radius 1 is 0.667 bits per heavy atom. The van der Waals surface area contributed by atoms with E-state index in [-0.39, 0.29) is 6.54 Å². The molecule has 30 heavy (non-hydrogen) atoms. The zero-order valence-electron chi connectivity index (χ0n) is 18.3. The zero-order valence-corrected chi connectivity index (χ0v) is 18.3. The summed E-state index contributed by atoms with van der Waals surface area (Å²) in [5, 5.41) is 1.63. The monoisotopic (exact) mass is 447 g/mol. The third kappa shape index (κ3) is 12.0. The van der Waals surface area contributed by atoms with Crippen LogP contribution in [0.25, 0.3) is 0 Å². The summed E-state index contributed by atoms with van der Waals surface area (Å²) >= 11 is 0. The van der Waals surface area contributed by atoms with Gasteiger partial charge in [0, 0.05) is 6.54 Å². The molecule has 1 amide bonds. The molecule has 0 radical (unpaired) electrons. The summed E-state index contributed by atoms with van der Waals surface area (Å²) in [5.41, 5.74) is 0. The van der Waals surface area contributed by atoms with Crippen molar-refractivity contribution < 1.29 is 31.1 Å². The van der Waals surface area contributed by atoms with Gasteiger partial charge in [0.1, 0.15) is 0 Å². The average molecular weight is 448 g/mol. The van der Waals surface area contributed by atoms with Crippen molar-refractivity contribution in [3.63, 3.8) is 0 Å². The van der Waals surface area contributed by atoms with Gasteiger partial charge in [0.05, 0.1) is 0 Å². The molecular formula is C22H39F6NO. The summed E-state index contributed by atoms with van der Waals surface area (Å²) in [6.07, 6.45) is 13.5. The van der Waals surface area contributed by atoms with Gasteiger partial charge < -0.3 is 5.32 Å². The molecule has 1 N–H and O–H groups in total. The van der Waals surface area contributed by atoms with Crippen LogP contribution in [-0.4, -0.2) is 30.7 Å². The van der Waals surface area contributed by atoms with Crippen molar-refractivity contribution in [2.24, 2.45) is 0 Å². The lowest BCUT2D eigenvalue weighted by atomic mass is 10.0. The molecule has 0 fully saturated rings. The van der Waals surface area contributed by atoms with Crippen LogP contribution in [0.3, 0.4) is 0 Å². The first-order valence-corrected chi connectivity index (χ1v) is 11.5. The number of nitrogens with one attached hydrogen (secondary N) is 1. The van der Waals surface area contributed by atoms with Gasteiger partial charge >= 0.3 is 18.3 Å². The quantitative estimate of drug-likeness (QED) is 0.149. The van der Waals surface area contributed by atoms with Gasteiger partial charge in [-0.3, -0.25) is 4.79 Å². The average Bonchev–Trinajstić information content (AvgIpc) is 2.69. The normalized spacial score (nSPS) is 12.5. The molecule has 0 aromatic carbocycles. The number of hydrogen-bond acceptors (Lipinski definition) is 1. The summed E-state index contributed by atoms with van der Waals surface area (Å²) in [7, 11) is 0. The molecule has 2 nitrogen and oxygen atoms in total. The van der Waals surface area contributed by atoms with Crippen molar-refractivity contribution in [2.75, 3.05) is 6.54 Å². The van der Waals surface area contributed by atoms with Crippen molar-refractivity contribution in [3.8, 4) is 0 Å². The Bertz CT molecular complexity index is 432. The van der Waals surface area contributed by atoms with Gasteiger partial charge in [-0.25, -0.2) is 8.78 Å². The Morgan fingerprint density at radius 2 is 1.00 bits per heavy atom. The minimum atomic E-state index is -5.67. The highest BCUT2D eigenvalue weighted by atomic mass is 19.3. The van der Waals surface area contributed by atoms with E-state index in [2.05, 4.69) is 6.92 Å². The van der Waals surface area contributed by atoms with Crippen LogP contribution in [0.4, 0.5) is 26.3 Å². The van der Waals surface area contributed by atoms with E-state index >= 15 is 0 Å². The first kappa shape index (κ1) is 29.1. The van der Waals surface area contributed by atoms with Crippen molar-refractivity contribution >= 4 is 5.91 Å². The molecule has 8 heteroatoms. The Kier molecular flexibility index (Phi) is 16.2. The van der Waals surface area contributed by atoms with Crippen molar-refractivity contribution in [3.05, 3.63) is 0 Å². The molecule has 0 spiro atoms. The van der Waals surface area contributed by atoms with E-state index in [4.69, 9.17) is 0 Å². The lowest BCUT2D eigenvalue weighted by Gasteiger charge is -2.24. The van der Waals surface area contributed by atoms with Gasteiger partial charge in [0.2, 0.25) is 0 Å². The minimum absolute atomic E-state index is 0.230. The molecule has 0 aromatic rings. The Balaban J connectivity index is 3.49. The summed E-state index contributed by atoms with van der Waals surface area (Å²) in [4.78, 5) is 11.1. The highest BCUT2D eigenvalue weighted by Gasteiger charge is 2.67. The third-order valence-electron chi connectivity index (χ3n) is 5.29. The van der Waals surface area contributed by atoms with Crippen molar-refractivity contribution in [1.82, 2.24) is 5.32 Å². The molecule has 0 heterocycles. The number of alkyl halides is 6. The van der Waals surface area contributed by atoms with Crippen molar-refractivity contribution in [2.45, 2.75) is 128 Å². The summed E-state index contributed by atoms with van der Waals surface area (Å²) in [6.45, 7) is 1.99.